The van der Waals surface area contributed by atoms with E-state index >= 15 is 0 Å². The summed E-state index contributed by atoms with van der Waals surface area (Å²) in [6, 6.07) is 7.44. The lowest BCUT2D eigenvalue weighted by Crippen LogP contribution is -2.12. The Bertz CT molecular complexity index is 676. The largest absolute Gasteiger partial charge is 0.488 e. The Hall–Kier alpha value is -2.43. The fourth-order valence-electron chi connectivity index (χ4n) is 2.14. The lowest BCUT2D eigenvalue weighted by Gasteiger charge is -2.14. The van der Waals surface area contributed by atoms with E-state index in [-0.39, 0.29) is 18.0 Å². The van der Waals surface area contributed by atoms with Gasteiger partial charge in [-0.2, -0.15) is 0 Å². The van der Waals surface area contributed by atoms with E-state index in [0.29, 0.717) is 11.3 Å². The fourth-order valence-corrected chi connectivity index (χ4v) is 2.14. The zero-order chi connectivity index (χ0) is 15.6. The van der Waals surface area contributed by atoms with Gasteiger partial charge in [0.05, 0.1) is 0 Å². The Balaban J connectivity index is 2.24. The summed E-state index contributed by atoms with van der Waals surface area (Å²) in [6.07, 6.45) is 0. The van der Waals surface area contributed by atoms with Crippen LogP contribution in [0.4, 0.5) is 8.78 Å². The van der Waals surface area contributed by atoms with E-state index in [1.54, 1.807) is 12.1 Å². The smallest absolute Gasteiger partial charge is 0.165 e. The normalized spacial score (nSPS) is 10.5. The maximum Gasteiger partial charge on any atom is 0.165 e. The minimum atomic E-state index is -0.895. The average molecular weight is 290 g/mol. The number of benzene rings is 2. The van der Waals surface area contributed by atoms with Crippen LogP contribution in [0.2, 0.25) is 0 Å². The molecule has 0 fully saturated rings. The topological polar surface area (TPSA) is 59.1 Å². The Morgan fingerprint density at radius 1 is 1.19 bits per heavy atom. The van der Waals surface area contributed by atoms with Crippen LogP contribution >= 0.6 is 0 Å². The van der Waals surface area contributed by atoms with Crippen LogP contribution in [0.5, 0.6) is 5.75 Å². The molecule has 21 heavy (non-hydrogen) atoms. The summed E-state index contributed by atoms with van der Waals surface area (Å²) in [5, 5.41) is 7.43. The molecule has 2 aromatic carbocycles. The van der Waals surface area contributed by atoms with Crippen molar-refractivity contribution in [2.75, 3.05) is 0 Å². The van der Waals surface area contributed by atoms with Crippen molar-refractivity contribution >= 4 is 5.84 Å². The van der Waals surface area contributed by atoms with Crippen molar-refractivity contribution in [2.45, 2.75) is 20.5 Å². The van der Waals surface area contributed by atoms with Crippen molar-refractivity contribution in [1.29, 1.82) is 5.41 Å². The first kappa shape index (κ1) is 15.0. The molecule has 110 valence electrons. The minimum absolute atomic E-state index is 0.0241. The molecule has 0 aliphatic rings. The van der Waals surface area contributed by atoms with Gasteiger partial charge in [-0.15, -0.1) is 0 Å². The molecule has 3 N–H and O–H groups in total. The maximum absolute atomic E-state index is 13.6. The zero-order valence-electron chi connectivity index (χ0n) is 11.8. The maximum atomic E-state index is 13.6. The first-order valence-corrected chi connectivity index (χ1v) is 6.41. The average Bonchev–Trinajstić information content (AvgIpc) is 2.42. The summed E-state index contributed by atoms with van der Waals surface area (Å²) in [7, 11) is 0. The van der Waals surface area contributed by atoms with Crippen molar-refractivity contribution < 1.29 is 13.5 Å². The van der Waals surface area contributed by atoms with Gasteiger partial charge < -0.3 is 10.5 Å². The SMILES string of the molecule is Cc1cc(C(=N)N)cc(C)c1OCc1cccc(F)c1F. The molecule has 0 spiro atoms. The molecule has 0 saturated carbocycles. The molecule has 0 unspecified atom stereocenters. The molecule has 0 saturated heterocycles. The fraction of sp³-hybridized carbons (Fsp3) is 0.188. The first-order valence-electron chi connectivity index (χ1n) is 6.41. The van der Waals surface area contributed by atoms with Gasteiger partial charge in [-0.3, -0.25) is 5.41 Å². The molecule has 0 radical (unpaired) electrons. The molecule has 0 bridgehead atoms. The van der Waals surface area contributed by atoms with Crippen molar-refractivity contribution in [1.82, 2.24) is 0 Å². The van der Waals surface area contributed by atoms with Crippen LogP contribution in [0.1, 0.15) is 22.3 Å². The first-order chi connectivity index (χ1) is 9.90. The van der Waals surface area contributed by atoms with Crippen LogP contribution in [-0.2, 0) is 6.61 Å². The molecular weight excluding hydrogens is 274 g/mol. The third-order valence-electron chi connectivity index (χ3n) is 3.17. The van der Waals surface area contributed by atoms with E-state index in [1.165, 1.54) is 12.1 Å². The second kappa shape index (κ2) is 5.91. The van der Waals surface area contributed by atoms with Crippen LogP contribution in [0, 0.1) is 30.9 Å². The number of nitrogen functional groups attached to an aromatic ring is 1. The number of nitrogens with two attached hydrogens (primary N) is 1. The second-order valence-corrected chi connectivity index (χ2v) is 4.85. The van der Waals surface area contributed by atoms with Crippen LogP contribution in [0.25, 0.3) is 0 Å². The van der Waals surface area contributed by atoms with E-state index in [0.717, 1.165) is 17.2 Å². The van der Waals surface area contributed by atoms with E-state index in [4.69, 9.17) is 15.9 Å². The van der Waals surface area contributed by atoms with E-state index in [1.807, 2.05) is 13.8 Å². The number of nitrogens with one attached hydrogen (secondary N) is 1. The van der Waals surface area contributed by atoms with Gasteiger partial charge in [-0.25, -0.2) is 8.78 Å². The molecule has 0 aliphatic heterocycles. The summed E-state index contributed by atoms with van der Waals surface area (Å²) in [5.74, 6) is -1.22. The van der Waals surface area contributed by atoms with Gasteiger partial charge in [-0.1, -0.05) is 12.1 Å². The Labute approximate surface area is 121 Å². The Morgan fingerprint density at radius 3 is 2.38 bits per heavy atom. The van der Waals surface area contributed by atoms with Crippen molar-refractivity contribution in [3.05, 3.63) is 64.2 Å². The number of ether oxygens (including phenoxy) is 1. The van der Waals surface area contributed by atoms with Gasteiger partial charge >= 0.3 is 0 Å². The van der Waals surface area contributed by atoms with Gasteiger partial charge in [-0.05, 0) is 43.2 Å². The minimum Gasteiger partial charge on any atom is -0.488 e. The molecule has 0 amide bonds. The highest BCUT2D eigenvalue weighted by Crippen LogP contribution is 2.26. The summed E-state index contributed by atoms with van der Waals surface area (Å²) in [6.45, 7) is 3.57. The van der Waals surface area contributed by atoms with E-state index in [2.05, 4.69) is 0 Å². The quantitative estimate of drug-likeness (QED) is 0.669. The number of rotatable bonds is 4. The van der Waals surface area contributed by atoms with Gasteiger partial charge in [0.15, 0.2) is 11.6 Å². The molecule has 0 aromatic heterocycles. The lowest BCUT2D eigenvalue weighted by atomic mass is 10.1. The van der Waals surface area contributed by atoms with E-state index < -0.39 is 11.6 Å². The van der Waals surface area contributed by atoms with Crippen LogP contribution in [0.15, 0.2) is 30.3 Å². The van der Waals surface area contributed by atoms with Crippen molar-refractivity contribution in [2.24, 2.45) is 5.73 Å². The van der Waals surface area contributed by atoms with Crippen molar-refractivity contribution in [3.8, 4) is 5.75 Å². The van der Waals surface area contributed by atoms with Crippen LogP contribution in [-0.4, -0.2) is 5.84 Å². The summed E-state index contributed by atoms with van der Waals surface area (Å²) >= 11 is 0. The van der Waals surface area contributed by atoms with Gasteiger partial charge in [0.2, 0.25) is 0 Å². The van der Waals surface area contributed by atoms with Crippen LogP contribution in [0.3, 0.4) is 0 Å². The molecule has 0 atom stereocenters. The van der Waals surface area contributed by atoms with Crippen molar-refractivity contribution in [3.63, 3.8) is 0 Å². The Kier molecular flexibility index (Phi) is 4.21. The summed E-state index contributed by atoms with van der Waals surface area (Å²) < 4.78 is 32.3. The number of hydrogen-bond acceptors (Lipinski definition) is 2. The predicted octanol–water partition coefficient (Wildman–Crippen LogP) is 3.44. The highest BCUT2D eigenvalue weighted by Gasteiger charge is 2.11. The number of hydrogen-bond donors (Lipinski definition) is 2. The predicted molar refractivity (Wildman–Crippen MR) is 77.6 cm³/mol. The van der Waals surface area contributed by atoms with Gasteiger partial charge in [0.25, 0.3) is 0 Å². The third kappa shape index (κ3) is 3.18. The standard InChI is InChI=1S/C16H16F2N2O/c1-9-6-12(16(19)20)7-10(2)15(9)21-8-11-4-3-5-13(17)14(11)18/h3-7H,8H2,1-2H3,(H3,19,20). The van der Waals surface area contributed by atoms with Gasteiger partial charge in [0.1, 0.15) is 18.2 Å². The molecule has 0 aliphatic carbocycles. The molecule has 0 heterocycles. The highest BCUT2D eigenvalue weighted by atomic mass is 19.2. The molecule has 2 aromatic rings. The molecule has 2 rings (SSSR count). The lowest BCUT2D eigenvalue weighted by molar-refractivity contribution is 0.293. The van der Waals surface area contributed by atoms with Gasteiger partial charge in [0, 0.05) is 11.1 Å². The molecule has 5 heteroatoms. The van der Waals surface area contributed by atoms with E-state index in [9.17, 15) is 8.78 Å². The summed E-state index contributed by atoms with van der Waals surface area (Å²) in [4.78, 5) is 0. The zero-order valence-corrected chi connectivity index (χ0v) is 11.8. The summed E-state index contributed by atoms with van der Waals surface area (Å²) in [5.41, 5.74) is 7.79. The molecule has 3 nitrogen and oxygen atoms in total. The Morgan fingerprint density at radius 2 is 1.81 bits per heavy atom. The number of halogens is 2. The number of amidine groups is 1. The van der Waals surface area contributed by atoms with Crippen LogP contribution < -0.4 is 10.5 Å². The highest BCUT2D eigenvalue weighted by molar-refractivity contribution is 5.95. The monoisotopic (exact) mass is 290 g/mol. The second-order valence-electron chi connectivity index (χ2n) is 4.85. The molecular formula is C16H16F2N2O. The number of aryl methyl sites for hydroxylation is 2. The third-order valence-corrected chi connectivity index (χ3v) is 3.17.